The van der Waals surface area contributed by atoms with Gasteiger partial charge in [0.1, 0.15) is 12.4 Å². The molecule has 0 bridgehead atoms. The Morgan fingerprint density at radius 3 is 2.51 bits per heavy atom. The van der Waals surface area contributed by atoms with Gasteiger partial charge in [0, 0.05) is 29.7 Å². The van der Waals surface area contributed by atoms with E-state index in [-0.39, 0.29) is 37.2 Å². The molecule has 0 unspecified atom stereocenters. The molecule has 3 aromatic carbocycles. The van der Waals surface area contributed by atoms with Crippen molar-refractivity contribution in [3.63, 3.8) is 0 Å². The number of carbonyl (C=O) groups excluding carboxylic acids is 2. The van der Waals surface area contributed by atoms with Crippen molar-refractivity contribution in [3.8, 4) is 11.5 Å². The lowest BCUT2D eigenvalue weighted by Gasteiger charge is -2.17. The first-order chi connectivity index (χ1) is 16.9. The number of hydrogen-bond donors (Lipinski definition) is 2. The molecule has 1 aliphatic heterocycles. The Morgan fingerprint density at radius 1 is 1.06 bits per heavy atom. The van der Waals surface area contributed by atoms with Gasteiger partial charge in [0.25, 0.3) is 0 Å². The first-order valence-corrected chi connectivity index (χ1v) is 11.6. The molecule has 1 atom stereocenters. The third-order valence-electron chi connectivity index (χ3n) is 5.52. The number of benzene rings is 3. The van der Waals surface area contributed by atoms with Gasteiger partial charge >= 0.3 is 0 Å². The second-order valence-corrected chi connectivity index (χ2v) is 8.44. The number of rotatable bonds is 9. The van der Waals surface area contributed by atoms with Crippen LogP contribution in [0.1, 0.15) is 18.9 Å². The van der Waals surface area contributed by atoms with Gasteiger partial charge in [-0.2, -0.15) is 0 Å². The molecule has 2 amide bonds. The van der Waals surface area contributed by atoms with Crippen molar-refractivity contribution in [3.05, 3.63) is 83.1 Å². The summed E-state index contributed by atoms with van der Waals surface area (Å²) in [5.74, 6) is -0.179. The highest BCUT2D eigenvalue weighted by Gasteiger charge is 2.35. The van der Waals surface area contributed by atoms with Crippen molar-refractivity contribution in [1.29, 1.82) is 0 Å². The van der Waals surface area contributed by atoms with E-state index in [4.69, 9.17) is 21.1 Å². The lowest BCUT2D eigenvalue weighted by molar-refractivity contribution is -0.125. The van der Waals surface area contributed by atoms with E-state index in [2.05, 4.69) is 10.9 Å². The normalized spacial score (nSPS) is 15.1. The largest absolute Gasteiger partial charge is 0.490 e. The Kier molecular flexibility index (Phi) is 7.72. The molecule has 0 spiro atoms. The van der Waals surface area contributed by atoms with Gasteiger partial charge in [0.15, 0.2) is 11.5 Å². The van der Waals surface area contributed by atoms with E-state index in [1.54, 1.807) is 59.5 Å². The monoisotopic (exact) mass is 497 g/mol. The van der Waals surface area contributed by atoms with Crippen LogP contribution in [0.15, 0.2) is 66.7 Å². The Bertz CT molecular complexity index is 1190. The van der Waals surface area contributed by atoms with Crippen molar-refractivity contribution >= 4 is 34.8 Å². The van der Waals surface area contributed by atoms with Crippen LogP contribution >= 0.6 is 11.6 Å². The SMILES string of the molecule is CCOc1cc(NNC(=O)[C@H]2CC(=O)N(c3ccc(Cl)cc3)C2)ccc1OCc1ccc(F)cc1. The molecule has 1 aliphatic rings. The predicted octanol–water partition coefficient (Wildman–Crippen LogP) is 4.95. The van der Waals surface area contributed by atoms with Gasteiger partial charge in [-0.05, 0) is 61.0 Å². The van der Waals surface area contributed by atoms with Crippen molar-refractivity contribution in [1.82, 2.24) is 5.43 Å². The predicted molar refractivity (Wildman–Crippen MR) is 132 cm³/mol. The number of halogens is 2. The van der Waals surface area contributed by atoms with Gasteiger partial charge in [0.2, 0.25) is 11.8 Å². The van der Waals surface area contributed by atoms with Gasteiger partial charge in [-0.1, -0.05) is 23.7 Å². The molecule has 4 rings (SSSR count). The molecule has 7 nitrogen and oxygen atoms in total. The standard InChI is InChI=1S/C26H25ClFN3O4/c1-2-34-24-14-21(9-12-23(24)35-16-17-3-7-20(28)8-4-17)29-30-26(33)18-13-25(32)31(15-18)22-10-5-19(27)6-11-22/h3-12,14,18,29H,2,13,15-16H2,1H3,(H,30,33)/t18-/m0/s1. The van der Waals surface area contributed by atoms with Gasteiger partial charge in [0.05, 0.1) is 18.2 Å². The van der Waals surface area contributed by atoms with Gasteiger partial charge < -0.3 is 14.4 Å². The molecule has 182 valence electrons. The molecule has 1 saturated heterocycles. The van der Waals surface area contributed by atoms with Crippen LogP contribution in [-0.2, 0) is 16.2 Å². The molecular weight excluding hydrogens is 473 g/mol. The number of hydrazine groups is 1. The number of nitrogens with one attached hydrogen (secondary N) is 2. The number of hydrogen-bond acceptors (Lipinski definition) is 5. The quantitative estimate of drug-likeness (QED) is 0.409. The van der Waals surface area contributed by atoms with Crippen molar-refractivity contribution < 1.29 is 23.5 Å². The summed E-state index contributed by atoms with van der Waals surface area (Å²) >= 11 is 5.92. The first kappa shape index (κ1) is 24.3. The van der Waals surface area contributed by atoms with Crippen LogP contribution in [0.3, 0.4) is 0 Å². The zero-order valence-corrected chi connectivity index (χ0v) is 19.8. The second-order valence-electron chi connectivity index (χ2n) is 8.01. The van der Waals surface area contributed by atoms with E-state index in [1.807, 2.05) is 6.92 Å². The number of nitrogens with zero attached hydrogens (tertiary/aromatic N) is 1. The third kappa shape index (κ3) is 6.22. The highest BCUT2D eigenvalue weighted by atomic mass is 35.5. The van der Waals surface area contributed by atoms with E-state index in [0.29, 0.717) is 34.5 Å². The number of carbonyl (C=O) groups is 2. The van der Waals surface area contributed by atoms with Crippen molar-refractivity contribution in [2.75, 3.05) is 23.5 Å². The summed E-state index contributed by atoms with van der Waals surface area (Å²) in [5, 5.41) is 0.581. The number of anilines is 2. The summed E-state index contributed by atoms with van der Waals surface area (Å²) in [4.78, 5) is 26.7. The molecule has 0 radical (unpaired) electrons. The molecular formula is C26H25ClFN3O4. The third-order valence-corrected chi connectivity index (χ3v) is 5.77. The van der Waals surface area contributed by atoms with Crippen molar-refractivity contribution in [2.24, 2.45) is 5.92 Å². The number of amides is 2. The molecule has 1 heterocycles. The number of ether oxygens (including phenoxy) is 2. The Morgan fingerprint density at radius 2 is 1.80 bits per heavy atom. The zero-order chi connectivity index (χ0) is 24.8. The summed E-state index contributed by atoms with van der Waals surface area (Å²) in [6, 6.07) is 18.2. The fraction of sp³-hybridized carbons (Fsp3) is 0.231. The van der Waals surface area contributed by atoms with Gasteiger partial charge in [-0.3, -0.25) is 20.4 Å². The second kappa shape index (κ2) is 11.1. The Hall–Kier alpha value is -3.78. The Balaban J connectivity index is 1.35. The molecule has 0 aromatic heterocycles. The summed E-state index contributed by atoms with van der Waals surface area (Å²) in [5.41, 5.74) is 7.68. The smallest absolute Gasteiger partial charge is 0.243 e. The molecule has 1 fully saturated rings. The molecule has 0 aliphatic carbocycles. The minimum Gasteiger partial charge on any atom is -0.490 e. The van der Waals surface area contributed by atoms with Crippen LogP contribution in [-0.4, -0.2) is 25.0 Å². The minimum absolute atomic E-state index is 0.117. The van der Waals surface area contributed by atoms with E-state index in [9.17, 15) is 14.0 Å². The van der Waals surface area contributed by atoms with Crippen LogP contribution in [0, 0.1) is 11.7 Å². The van der Waals surface area contributed by atoms with Crippen LogP contribution in [0.4, 0.5) is 15.8 Å². The lowest BCUT2D eigenvalue weighted by atomic mass is 10.1. The molecule has 9 heteroatoms. The summed E-state index contributed by atoms with van der Waals surface area (Å²) in [6.45, 7) is 2.82. The molecule has 0 saturated carbocycles. The maximum absolute atomic E-state index is 13.1. The lowest BCUT2D eigenvalue weighted by Crippen LogP contribution is -2.36. The van der Waals surface area contributed by atoms with Crippen molar-refractivity contribution in [2.45, 2.75) is 20.0 Å². The van der Waals surface area contributed by atoms with E-state index in [1.165, 1.54) is 12.1 Å². The molecule has 2 N–H and O–H groups in total. The van der Waals surface area contributed by atoms with Crippen LogP contribution in [0.5, 0.6) is 11.5 Å². The van der Waals surface area contributed by atoms with Crippen LogP contribution in [0.25, 0.3) is 0 Å². The van der Waals surface area contributed by atoms with E-state index in [0.717, 1.165) is 5.56 Å². The fourth-order valence-corrected chi connectivity index (χ4v) is 3.83. The highest BCUT2D eigenvalue weighted by Crippen LogP contribution is 2.31. The van der Waals surface area contributed by atoms with Crippen LogP contribution < -0.4 is 25.2 Å². The van der Waals surface area contributed by atoms with Gasteiger partial charge in [-0.25, -0.2) is 4.39 Å². The fourth-order valence-electron chi connectivity index (χ4n) is 3.70. The summed E-state index contributed by atoms with van der Waals surface area (Å²) in [6.07, 6.45) is 0.122. The maximum Gasteiger partial charge on any atom is 0.243 e. The maximum atomic E-state index is 13.1. The van der Waals surface area contributed by atoms with Gasteiger partial charge in [-0.15, -0.1) is 0 Å². The average Bonchev–Trinajstić information content (AvgIpc) is 3.25. The average molecular weight is 498 g/mol. The summed E-state index contributed by atoms with van der Waals surface area (Å²) < 4.78 is 24.6. The highest BCUT2D eigenvalue weighted by molar-refractivity contribution is 6.30. The molecule has 35 heavy (non-hydrogen) atoms. The van der Waals surface area contributed by atoms with E-state index >= 15 is 0 Å². The first-order valence-electron chi connectivity index (χ1n) is 11.2. The zero-order valence-electron chi connectivity index (χ0n) is 19.1. The Labute approximate surface area is 207 Å². The minimum atomic E-state index is -0.490. The van der Waals surface area contributed by atoms with E-state index < -0.39 is 5.92 Å². The topological polar surface area (TPSA) is 79.9 Å². The summed E-state index contributed by atoms with van der Waals surface area (Å²) in [7, 11) is 0. The van der Waals surface area contributed by atoms with Crippen LogP contribution in [0.2, 0.25) is 5.02 Å². The molecule has 3 aromatic rings.